The third-order valence-corrected chi connectivity index (χ3v) is 2.17. The molecule has 0 aliphatic rings. The second-order valence-electron chi connectivity index (χ2n) is 3.48. The highest BCUT2D eigenvalue weighted by Crippen LogP contribution is 2.11. The van der Waals surface area contributed by atoms with Gasteiger partial charge in [0.25, 0.3) is 0 Å². The summed E-state index contributed by atoms with van der Waals surface area (Å²) in [6.45, 7) is 1.84. The first-order valence-electron chi connectivity index (χ1n) is 5.04. The number of nitrogens with zero attached hydrogens (tertiary/aromatic N) is 1. The molecule has 1 aromatic carbocycles. The van der Waals surface area contributed by atoms with Crippen LogP contribution >= 0.6 is 0 Å². The Balaban J connectivity index is 2.11. The maximum absolute atomic E-state index is 13.7. The van der Waals surface area contributed by atoms with Gasteiger partial charge in [-0.1, -0.05) is 30.3 Å². The number of hydrogen-bond donors (Lipinski definition) is 0. The van der Waals surface area contributed by atoms with Gasteiger partial charge in [0.15, 0.2) is 0 Å². The van der Waals surface area contributed by atoms with Crippen LogP contribution in [0.5, 0.6) is 5.75 Å². The predicted molar refractivity (Wildman–Crippen MR) is 62.5 cm³/mol. The Bertz CT molecular complexity index is 464. The maximum atomic E-state index is 13.7. The van der Waals surface area contributed by atoms with Crippen LogP contribution in [0.3, 0.4) is 0 Å². The number of aryl methyl sites for hydroxylation is 1. The Hall–Kier alpha value is -1.84. The van der Waals surface area contributed by atoms with Crippen LogP contribution < -0.4 is 10.1 Å². The highest BCUT2D eigenvalue weighted by molar-refractivity contribution is 6.61. The molecule has 0 aliphatic carbocycles. The number of rotatable bonds is 3. The zero-order chi connectivity index (χ0) is 11.4. The lowest BCUT2D eigenvalue weighted by atomic mass is 9.82. The Morgan fingerprint density at radius 2 is 1.94 bits per heavy atom. The Morgan fingerprint density at radius 1 is 1.19 bits per heavy atom. The number of halogens is 1. The number of benzene rings is 1. The molecule has 0 spiro atoms. The van der Waals surface area contributed by atoms with E-state index < -0.39 is 7.19 Å². The van der Waals surface area contributed by atoms with Gasteiger partial charge in [0.2, 0.25) is 0 Å². The zero-order valence-corrected chi connectivity index (χ0v) is 8.93. The van der Waals surface area contributed by atoms with E-state index in [1.54, 1.807) is 42.6 Å². The Labute approximate surface area is 94.3 Å². The van der Waals surface area contributed by atoms with Crippen molar-refractivity contribution in [3.8, 4) is 5.75 Å². The first-order chi connectivity index (χ1) is 7.75. The van der Waals surface area contributed by atoms with Gasteiger partial charge in [-0.05, 0) is 19.1 Å². The lowest BCUT2D eigenvalue weighted by molar-refractivity contribution is 0.516. The number of pyridine rings is 1. The van der Waals surface area contributed by atoms with Crippen molar-refractivity contribution in [2.24, 2.45) is 0 Å². The third-order valence-electron chi connectivity index (χ3n) is 2.17. The lowest BCUT2D eigenvalue weighted by Gasteiger charge is -2.08. The zero-order valence-electron chi connectivity index (χ0n) is 8.93. The summed E-state index contributed by atoms with van der Waals surface area (Å²) in [4.78, 5) is 4.02. The standard InChI is InChI=1S/C12H11BFNO/c1-10-9-12(7-8-15-10)16-13(14)11-5-3-2-4-6-11/h2-9H,1H3. The van der Waals surface area contributed by atoms with Gasteiger partial charge in [-0.15, -0.1) is 0 Å². The number of hydrogen-bond acceptors (Lipinski definition) is 2. The highest BCUT2D eigenvalue weighted by Gasteiger charge is 2.20. The molecule has 0 amide bonds. The van der Waals surface area contributed by atoms with Crippen molar-refractivity contribution in [1.82, 2.24) is 4.98 Å². The van der Waals surface area contributed by atoms with Crippen LogP contribution in [-0.2, 0) is 0 Å². The topological polar surface area (TPSA) is 22.1 Å². The molecule has 0 bridgehead atoms. The molecule has 1 heterocycles. The van der Waals surface area contributed by atoms with E-state index in [0.29, 0.717) is 11.2 Å². The van der Waals surface area contributed by atoms with Gasteiger partial charge in [0.05, 0.1) is 0 Å². The molecular formula is C12H11BFNO. The minimum atomic E-state index is -1.44. The smallest absolute Gasteiger partial charge is 0.529 e. The summed E-state index contributed by atoms with van der Waals surface area (Å²) in [6.07, 6.45) is 1.60. The van der Waals surface area contributed by atoms with Crippen molar-refractivity contribution in [3.63, 3.8) is 0 Å². The van der Waals surface area contributed by atoms with Crippen LogP contribution in [0, 0.1) is 6.92 Å². The minimum absolute atomic E-state index is 0.490. The van der Waals surface area contributed by atoms with Gasteiger partial charge in [-0.25, -0.2) is 0 Å². The largest absolute Gasteiger partial charge is 0.601 e. The second-order valence-corrected chi connectivity index (χ2v) is 3.48. The van der Waals surface area contributed by atoms with Crippen molar-refractivity contribution in [3.05, 3.63) is 54.4 Å². The summed E-state index contributed by atoms with van der Waals surface area (Å²) < 4.78 is 18.9. The molecule has 1 aromatic heterocycles. The van der Waals surface area contributed by atoms with E-state index in [1.807, 2.05) is 13.0 Å². The average molecular weight is 215 g/mol. The maximum Gasteiger partial charge on any atom is 0.601 e. The van der Waals surface area contributed by atoms with Crippen LogP contribution in [0.25, 0.3) is 0 Å². The summed E-state index contributed by atoms with van der Waals surface area (Å²) in [6, 6.07) is 12.1. The van der Waals surface area contributed by atoms with Crippen LogP contribution in [0.15, 0.2) is 48.7 Å². The fourth-order valence-corrected chi connectivity index (χ4v) is 1.38. The summed E-state index contributed by atoms with van der Waals surface area (Å²) in [5, 5.41) is 0. The predicted octanol–water partition coefficient (Wildman–Crippen LogP) is 2.13. The van der Waals surface area contributed by atoms with E-state index >= 15 is 0 Å². The van der Waals surface area contributed by atoms with Gasteiger partial charge in [0.1, 0.15) is 5.75 Å². The summed E-state index contributed by atoms with van der Waals surface area (Å²) in [5.41, 5.74) is 1.31. The Morgan fingerprint density at radius 3 is 2.62 bits per heavy atom. The van der Waals surface area contributed by atoms with Gasteiger partial charge >= 0.3 is 7.19 Å². The molecule has 0 saturated heterocycles. The minimum Gasteiger partial charge on any atom is -0.529 e. The average Bonchev–Trinajstić information content (AvgIpc) is 2.30. The monoisotopic (exact) mass is 215 g/mol. The van der Waals surface area contributed by atoms with E-state index in [-0.39, 0.29) is 0 Å². The van der Waals surface area contributed by atoms with E-state index in [1.165, 1.54) is 0 Å². The summed E-state index contributed by atoms with van der Waals surface area (Å²) in [5.74, 6) is 0.490. The first-order valence-corrected chi connectivity index (χ1v) is 5.04. The van der Waals surface area contributed by atoms with Crippen molar-refractivity contribution < 1.29 is 8.97 Å². The quantitative estimate of drug-likeness (QED) is 0.731. The molecule has 80 valence electrons. The van der Waals surface area contributed by atoms with Crippen LogP contribution in [0.4, 0.5) is 4.32 Å². The van der Waals surface area contributed by atoms with Crippen LogP contribution in [-0.4, -0.2) is 12.2 Å². The normalized spacial score (nSPS) is 9.88. The number of aromatic nitrogens is 1. The fourth-order valence-electron chi connectivity index (χ4n) is 1.38. The molecule has 16 heavy (non-hydrogen) atoms. The Kier molecular flexibility index (Phi) is 3.20. The molecule has 2 aromatic rings. The van der Waals surface area contributed by atoms with E-state index in [2.05, 4.69) is 4.98 Å². The van der Waals surface area contributed by atoms with Crippen LogP contribution in [0.1, 0.15) is 5.69 Å². The van der Waals surface area contributed by atoms with Gasteiger partial charge in [0, 0.05) is 17.4 Å². The van der Waals surface area contributed by atoms with E-state index in [4.69, 9.17) is 4.65 Å². The molecular weight excluding hydrogens is 204 g/mol. The third kappa shape index (κ3) is 2.60. The van der Waals surface area contributed by atoms with Crippen LogP contribution in [0.2, 0.25) is 0 Å². The van der Waals surface area contributed by atoms with Gasteiger partial charge in [-0.2, -0.15) is 0 Å². The molecule has 0 fully saturated rings. The SMILES string of the molecule is Cc1cc(OB(F)c2ccccc2)ccn1. The molecule has 0 N–H and O–H groups in total. The second kappa shape index (κ2) is 4.79. The molecule has 0 saturated carbocycles. The van der Waals surface area contributed by atoms with Crippen molar-refractivity contribution >= 4 is 12.7 Å². The highest BCUT2D eigenvalue weighted by atomic mass is 19.1. The van der Waals surface area contributed by atoms with Crippen molar-refractivity contribution in [2.75, 3.05) is 0 Å². The van der Waals surface area contributed by atoms with Gasteiger partial charge in [-0.3, -0.25) is 9.30 Å². The fraction of sp³-hybridized carbons (Fsp3) is 0.0833. The first kappa shape index (κ1) is 10.7. The summed E-state index contributed by atoms with van der Waals surface area (Å²) in [7, 11) is -1.44. The molecule has 2 rings (SSSR count). The van der Waals surface area contributed by atoms with Gasteiger partial charge < -0.3 is 4.65 Å². The lowest BCUT2D eigenvalue weighted by Crippen LogP contribution is -2.31. The van der Waals surface area contributed by atoms with E-state index in [0.717, 1.165) is 5.69 Å². The van der Waals surface area contributed by atoms with Crippen molar-refractivity contribution in [2.45, 2.75) is 6.92 Å². The molecule has 0 aliphatic heterocycles. The molecule has 4 heteroatoms. The molecule has 0 unspecified atom stereocenters. The molecule has 0 atom stereocenters. The molecule has 0 radical (unpaired) electrons. The van der Waals surface area contributed by atoms with Crippen molar-refractivity contribution in [1.29, 1.82) is 0 Å². The van der Waals surface area contributed by atoms with E-state index in [9.17, 15) is 4.32 Å². The summed E-state index contributed by atoms with van der Waals surface area (Å²) >= 11 is 0. The molecule has 2 nitrogen and oxygen atoms in total.